The number of hydrogen-bond donors (Lipinski definition) is 2. The molecule has 0 bridgehead atoms. The number of anilines is 2. The highest BCUT2D eigenvalue weighted by molar-refractivity contribution is 7.13. The van der Waals surface area contributed by atoms with Gasteiger partial charge in [-0.05, 0) is 47.9 Å². The van der Waals surface area contributed by atoms with Crippen LogP contribution in [0.5, 0.6) is 0 Å². The Morgan fingerprint density at radius 1 is 1.07 bits per heavy atom. The van der Waals surface area contributed by atoms with Gasteiger partial charge in [0.05, 0.1) is 11.3 Å². The summed E-state index contributed by atoms with van der Waals surface area (Å²) >= 11 is 1.65. The van der Waals surface area contributed by atoms with Crippen molar-refractivity contribution in [3.05, 3.63) is 58.6 Å². The molecule has 1 aromatic carbocycles. The van der Waals surface area contributed by atoms with Crippen LogP contribution in [0.3, 0.4) is 0 Å². The molecule has 30 heavy (non-hydrogen) atoms. The predicted molar refractivity (Wildman–Crippen MR) is 125 cm³/mol. The first kappa shape index (κ1) is 22.0. The molecule has 5 nitrogen and oxygen atoms in total. The summed E-state index contributed by atoms with van der Waals surface area (Å²) in [6.45, 7) is 9.14. The van der Waals surface area contributed by atoms with Crippen LogP contribution in [0.1, 0.15) is 44.5 Å². The molecule has 2 aromatic heterocycles. The van der Waals surface area contributed by atoms with E-state index < -0.39 is 0 Å². The zero-order valence-corrected chi connectivity index (χ0v) is 19.0. The zero-order valence-electron chi connectivity index (χ0n) is 18.2. The van der Waals surface area contributed by atoms with Crippen LogP contribution in [0.4, 0.5) is 11.5 Å². The molecule has 0 radical (unpaired) electrons. The summed E-state index contributed by atoms with van der Waals surface area (Å²) < 4.78 is 0. The highest BCUT2D eigenvalue weighted by Crippen LogP contribution is 2.28. The molecular formula is C24H30N4OS. The van der Waals surface area contributed by atoms with Crippen LogP contribution >= 0.6 is 11.3 Å². The molecule has 1 amide bonds. The van der Waals surface area contributed by atoms with E-state index >= 15 is 0 Å². The zero-order chi connectivity index (χ0) is 21.5. The van der Waals surface area contributed by atoms with Crippen molar-refractivity contribution in [2.75, 3.05) is 11.9 Å². The fourth-order valence-electron chi connectivity index (χ4n) is 3.22. The minimum atomic E-state index is 0.0571. The van der Waals surface area contributed by atoms with Gasteiger partial charge in [-0.3, -0.25) is 4.79 Å². The number of carbonyl (C=O) groups is 1. The molecule has 2 heterocycles. The third-order valence-electron chi connectivity index (χ3n) is 4.81. The Bertz CT molecular complexity index is 966. The number of nitrogens with zero attached hydrogens (tertiary/aromatic N) is 2. The summed E-state index contributed by atoms with van der Waals surface area (Å²) in [4.78, 5) is 22.7. The van der Waals surface area contributed by atoms with Gasteiger partial charge in [-0.2, -0.15) is 0 Å². The Morgan fingerprint density at radius 3 is 2.43 bits per heavy atom. The maximum atomic E-state index is 12.1. The first-order valence-electron chi connectivity index (χ1n) is 10.6. The number of benzene rings is 1. The van der Waals surface area contributed by atoms with Crippen molar-refractivity contribution in [3.8, 4) is 10.7 Å². The van der Waals surface area contributed by atoms with Crippen LogP contribution in [0.25, 0.3) is 10.7 Å². The molecule has 3 rings (SSSR count). The van der Waals surface area contributed by atoms with Gasteiger partial charge in [-0.25, -0.2) is 9.97 Å². The Morgan fingerprint density at radius 2 is 1.83 bits per heavy atom. The topological polar surface area (TPSA) is 66.9 Å². The molecule has 0 saturated carbocycles. The van der Waals surface area contributed by atoms with E-state index in [4.69, 9.17) is 9.97 Å². The smallest absolute Gasteiger partial charge is 0.224 e. The van der Waals surface area contributed by atoms with Crippen molar-refractivity contribution in [1.29, 1.82) is 0 Å². The van der Waals surface area contributed by atoms with Gasteiger partial charge in [-0.15, -0.1) is 11.3 Å². The van der Waals surface area contributed by atoms with Crippen LogP contribution in [0, 0.1) is 5.92 Å². The van der Waals surface area contributed by atoms with Crippen molar-refractivity contribution in [3.63, 3.8) is 0 Å². The first-order valence-corrected chi connectivity index (χ1v) is 11.4. The minimum Gasteiger partial charge on any atom is -0.356 e. The molecule has 2 N–H and O–H groups in total. The molecule has 158 valence electrons. The number of carbonyl (C=O) groups excluding carboxylic acids is 1. The quantitative estimate of drug-likeness (QED) is 0.485. The third kappa shape index (κ3) is 5.66. The number of nitrogens with one attached hydrogen (secondary N) is 2. The van der Waals surface area contributed by atoms with E-state index in [0.717, 1.165) is 51.9 Å². The van der Waals surface area contributed by atoms with Gasteiger partial charge in [0.2, 0.25) is 5.91 Å². The largest absolute Gasteiger partial charge is 0.356 e. The second-order valence-electron chi connectivity index (χ2n) is 7.70. The number of thiophene rings is 1. The SMILES string of the molecule is CCc1nc(-c2cccs2)nc(Nc2ccc(CC(=O)NCC(C)C)cc2)c1CC. The van der Waals surface area contributed by atoms with E-state index in [9.17, 15) is 4.79 Å². The number of rotatable bonds is 9. The molecule has 3 aromatic rings. The lowest BCUT2D eigenvalue weighted by atomic mass is 10.1. The number of aromatic nitrogens is 2. The molecule has 0 aliphatic heterocycles. The van der Waals surface area contributed by atoms with Gasteiger partial charge >= 0.3 is 0 Å². The van der Waals surface area contributed by atoms with Gasteiger partial charge in [0.25, 0.3) is 0 Å². The highest BCUT2D eigenvalue weighted by atomic mass is 32.1. The third-order valence-corrected chi connectivity index (χ3v) is 5.68. The second-order valence-corrected chi connectivity index (χ2v) is 8.65. The van der Waals surface area contributed by atoms with Gasteiger partial charge < -0.3 is 10.6 Å². The molecule has 6 heteroatoms. The summed E-state index contributed by atoms with van der Waals surface area (Å²) in [6, 6.07) is 12.1. The van der Waals surface area contributed by atoms with Crippen LogP contribution in [0.15, 0.2) is 41.8 Å². The molecule has 0 spiro atoms. The standard InChI is InChI=1S/C24H30N4OS/c1-5-19-20(6-2)27-24(21-8-7-13-30-21)28-23(19)26-18-11-9-17(10-12-18)14-22(29)25-15-16(3)4/h7-13,16H,5-6,14-15H2,1-4H3,(H,25,29)(H,26,27,28). The number of aryl methyl sites for hydroxylation is 1. The molecule has 0 unspecified atom stereocenters. The number of amides is 1. The molecule has 0 fully saturated rings. The van der Waals surface area contributed by atoms with E-state index in [1.54, 1.807) is 11.3 Å². The molecule has 0 atom stereocenters. The van der Waals surface area contributed by atoms with Crippen LogP contribution in [-0.2, 0) is 24.1 Å². The van der Waals surface area contributed by atoms with Gasteiger partial charge in [-0.1, -0.05) is 45.9 Å². The van der Waals surface area contributed by atoms with Crippen molar-refractivity contribution >= 4 is 28.7 Å². The van der Waals surface area contributed by atoms with Crippen molar-refractivity contribution < 1.29 is 4.79 Å². The van der Waals surface area contributed by atoms with E-state index in [-0.39, 0.29) is 5.91 Å². The van der Waals surface area contributed by atoms with Crippen molar-refractivity contribution in [2.24, 2.45) is 5.92 Å². The van der Waals surface area contributed by atoms with Crippen LogP contribution in [-0.4, -0.2) is 22.4 Å². The average Bonchev–Trinajstić information content (AvgIpc) is 3.28. The summed E-state index contributed by atoms with van der Waals surface area (Å²) in [5.74, 6) is 2.13. The second kappa shape index (κ2) is 10.3. The van der Waals surface area contributed by atoms with Gasteiger partial charge in [0.15, 0.2) is 5.82 Å². The molecule has 0 aliphatic rings. The summed E-state index contributed by atoms with van der Waals surface area (Å²) in [5.41, 5.74) is 4.18. The van der Waals surface area contributed by atoms with E-state index in [1.807, 2.05) is 41.8 Å². The Balaban J connectivity index is 1.78. The summed E-state index contributed by atoms with van der Waals surface area (Å²) in [6.07, 6.45) is 2.12. The molecular weight excluding hydrogens is 392 g/mol. The summed E-state index contributed by atoms with van der Waals surface area (Å²) in [7, 11) is 0. The maximum Gasteiger partial charge on any atom is 0.224 e. The van der Waals surface area contributed by atoms with E-state index in [1.165, 1.54) is 0 Å². The Hall–Kier alpha value is -2.73. The minimum absolute atomic E-state index is 0.0571. The van der Waals surface area contributed by atoms with Crippen molar-refractivity contribution in [1.82, 2.24) is 15.3 Å². The molecule has 0 saturated heterocycles. The van der Waals surface area contributed by atoms with Gasteiger partial charge in [0.1, 0.15) is 5.82 Å². The fraction of sp³-hybridized carbons (Fsp3) is 0.375. The lowest BCUT2D eigenvalue weighted by Gasteiger charge is -2.15. The summed E-state index contributed by atoms with van der Waals surface area (Å²) in [5, 5.41) is 8.48. The monoisotopic (exact) mass is 422 g/mol. The maximum absolute atomic E-state index is 12.1. The average molecular weight is 423 g/mol. The predicted octanol–water partition coefficient (Wildman–Crippen LogP) is 5.39. The van der Waals surface area contributed by atoms with Crippen LogP contribution < -0.4 is 10.6 Å². The van der Waals surface area contributed by atoms with Crippen LogP contribution in [0.2, 0.25) is 0 Å². The normalized spacial score (nSPS) is 11.0. The Kier molecular flexibility index (Phi) is 7.57. The number of hydrogen-bond acceptors (Lipinski definition) is 5. The highest BCUT2D eigenvalue weighted by Gasteiger charge is 2.14. The lowest BCUT2D eigenvalue weighted by Crippen LogP contribution is -2.28. The van der Waals surface area contributed by atoms with E-state index in [2.05, 4.69) is 38.3 Å². The Labute approximate surface area is 183 Å². The lowest BCUT2D eigenvalue weighted by molar-refractivity contribution is -0.120. The van der Waals surface area contributed by atoms with E-state index in [0.29, 0.717) is 18.9 Å². The van der Waals surface area contributed by atoms with Gasteiger partial charge in [0, 0.05) is 23.5 Å². The molecule has 0 aliphatic carbocycles. The first-order chi connectivity index (χ1) is 14.5. The van der Waals surface area contributed by atoms with Crippen molar-refractivity contribution in [2.45, 2.75) is 47.0 Å². The fourth-order valence-corrected chi connectivity index (χ4v) is 3.88.